The average Bonchev–Trinajstić information content (AvgIpc) is 2.13. The molecule has 1 N–H and O–H groups in total. The maximum Gasteiger partial charge on any atom is 0.331 e. The van der Waals surface area contributed by atoms with E-state index in [-0.39, 0.29) is 0 Å². The van der Waals surface area contributed by atoms with Crippen LogP contribution < -0.4 is 0 Å². The van der Waals surface area contributed by atoms with Gasteiger partial charge in [0.1, 0.15) is 0 Å². The van der Waals surface area contributed by atoms with Gasteiger partial charge in [0.25, 0.3) is 0 Å². The number of rotatable bonds is 1. The minimum atomic E-state index is -0.833. The second kappa shape index (κ2) is 3.19. The fourth-order valence-corrected chi connectivity index (χ4v) is 0.886. The lowest BCUT2D eigenvalue weighted by molar-refractivity contribution is -0.132. The van der Waals surface area contributed by atoms with Crippen LogP contribution in [0.3, 0.4) is 0 Å². The van der Waals surface area contributed by atoms with Gasteiger partial charge in [0.05, 0.1) is 0 Å². The minimum Gasteiger partial charge on any atom is -0.478 e. The zero-order valence-corrected chi connectivity index (χ0v) is 6.37. The van der Waals surface area contributed by atoms with E-state index in [0.29, 0.717) is 12.0 Å². The maximum atomic E-state index is 10.5. The van der Waals surface area contributed by atoms with Crippen molar-refractivity contribution in [3.63, 3.8) is 0 Å². The van der Waals surface area contributed by atoms with Crippen LogP contribution in [0, 0.1) is 0 Å². The van der Waals surface area contributed by atoms with Gasteiger partial charge in [-0.3, -0.25) is 0 Å². The topological polar surface area (TPSA) is 37.3 Å². The summed E-state index contributed by atoms with van der Waals surface area (Å²) in [7, 11) is 0. The minimum absolute atomic E-state index is 0.443. The molecule has 0 fully saturated rings. The van der Waals surface area contributed by atoms with Gasteiger partial charge in [-0.15, -0.1) is 0 Å². The summed E-state index contributed by atoms with van der Waals surface area (Å²) in [5.74, 6) is -0.833. The van der Waals surface area contributed by atoms with Gasteiger partial charge in [-0.2, -0.15) is 0 Å². The van der Waals surface area contributed by atoms with Gasteiger partial charge >= 0.3 is 5.97 Å². The van der Waals surface area contributed by atoms with Gasteiger partial charge in [0, 0.05) is 5.57 Å². The van der Waals surface area contributed by atoms with Crippen LogP contribution in [0.4, 0.5) is 0 Å². The Bertz CT molecular complexity index is 257. The Balaban J connectivity index is 2.86. The number of carboxylic acids is 1. The Hall–Kier alpha value is -1.31. The predicted octanol–water partition coefficient (Wildman–Crippen LogP) is 1.90. The Morgan fingerprint density at radius 1 is 1.55 bits per heavy atom. The van der Waals surface area contributed by atoms with Crippen LogP contribution in [0.25, 0.3) is 0 Å². The lowest BCUT2D eigenvalue weighted by Crippen LogP contribution is -1.98. The third-order valence-electron chi connectivity index (χ3n) is 1.54. The van der Waals surface area contributed by atoms with Crippen molar-refractivity contribution in [3.05, 3.63) is 35.5 Å². The SMILES string of the molecule is CC1=CC=C(C(=O)O)CC=C1. The Labute approximate surface area is 65.5 Å². The summed E-state index contributed by atoms with van der Waals surface area (Å²) in [5, 5.41) is 8.62. The molecule has 0 bridgehead atoms. The van der Waals surface area contributed by atoms with Crippen molar-refractivity contribution in [1.82, 2.24) is 0 Å². The molecule has 0 radical (unpaired) electrons. The van der Waals surface area contributed by atoms with Crippen LogP contribution in [0.2, 0.25) is 0 Å². The molecule has 11 heavy (non-hydrogen) atoms. The molecule has 0 saturated carbocycles. The molecule has 0 atom stereocenters. The lowest BCUT2D eigenvalue weighted by atomic mass is 10.2. The van der Waals surface area contributed by atoms with E-state index in [1.54, 1.807) is 6.08 Å². The molecule has 1 aliphatic rings. The molecule has 0 aromatic carbocycles. The molecule has 1 aliphatic carbocycles. The zero-order valence-electron chi connectivity index (χ0n) is 6.37. The van der Waals surface area contributed by atoms with Crippen LogP contribution in [-0.2, 0) is 4.79 Å². The van der Waals surface area contributed by atoms with Crippen molar-refractivity contribution in [2.75, 3.05) is 0 Å². The highest BCUT2D eigenvalue weighted by Crippen LogP contribution is 2.10. The number of allylic oxidation sites excluding steroid dienone is 5. The standard InChI is InChI=1S/C9H10O2/c1-7-3-2-4-8(6-5-7)9(10)11/h2-3,5-6H,4H2,1H3,(H,10,11). The maximum absolute atomic E-state index is 10.5. The first-order valence-electron chi connectivity index (χ1n) is 3.47. The Morgan fingerprint density at radius 3 is 2.91 bits per heavy atom. The third-order valence-corrected chi connectivity index (χ3v) is 1.54. The average molecular weight is 150 g/mol. The molecular formula is C9H10O2. The number of carboxylic acid groups (broad SMARTS) is 1. The van der Waals surface area contributed by atoms with Crippen molar-refractivity contribution in [3.8, 4) is 0 Å². The lowest BCUT2D eigenvalue weighted by Gasteiger charge is -1.92. The first-order chi connectivity index (χ1) is 5.20. The molecular weight excluding hydrogens is 140 g/mol. The molecule has 0 saturated heterocycles. The van der Waals surface area contributed by atoms with E-state index in [2.05, 4.69) is 0 Å². The van der Waals surface area contributed by atoms with Crippen molar-refractivity contribution in [2.45, 2.75) is 13.3 Å². The van der Waals surface area contributed by atoms with Crippen molar-refractivity contribution in [2.24, 2.45) is 0 Å². The van der Waals surface area contributed by atoms with E-state index in [1.165, 1.54) is 0 Å². The van der Waals surface area contributed by atoms with Crippen molar-refractivity contribution >= 4 is 5.97 Å². The molecule has 0 aromatic heterocycles. The molecule has 0 aromatic rings. The van der Waals surface area contributed by atoms with E-state index < -0.39 is 5.97 Å². The molecule has 1 rings (SSSR count). The second-order valence-corrected chi connectivity index (χ2v) is 2.51. The first-order valence-corrected chi connectivity index (χ1v) is 3.47. The van der Waals surface area contributed by atoms with E-state index in [4.69, 9.17) is 5.11 Å². The highest BCUT2D eigenvalue weighted by atomic mass is 16.4. The molecule has 2 nitrogen and oxygen atoms in total. The highest BCUT2D eigenvalue weighted by molar-refractivity contribution is 5.87. The van der Waals surface area contributed by atoms with Gasteiger partial charge in [-0.25, -0.2) is 4.79 Å². The monoisotopic (exact) mass is 150 g/mol. The Morgan fingerprint density at radius 2 is 2.27 bits per heavy atom. The van der Waals surface area contributed by atoms with Crippen LogP contribution in [0.5, 0.6) is 0 Å². The molecule has 0 unspecified atom stereocenters. The van der Waals surface area contributed by atoms with Crippen LogP contribution in [-0.4, -0.2) is 11.1 Å². The van der Waals surface area contributed by atoms with Crippen molar-refractivity contribution < 1.29 is 9.90 Å². The highest BCUT2D eigenvalue weighted by Gasteiger charge is 2.04. The summed E-state index contributed by atoms with van der Waals surface area (Å²) in [5.41, 5.74) is 1.53. The summed E-state index contributed by atoms with van der Waals surface area (Å²) in [6.07, 6.45) is 7.76. The zero-order chi connectivity index (χ0) is 8.27. The molecule has 0 amide bonds. The van der Waals surface area contributed by atoms with Gasteiger partial charge in [0.2, 0.25) is 0 Å². The molecule has 0 spiro atoms. The number of hydrogen-bond donors (Lipinski definition) is 1. The van der Waals surface area contributed by atoms with E-state index >= 15 is 0 Å². The van der Waals surface area contributed by atoms with Crippen molar-refractivity contribution in [1.29, 1.82) is 0 Å². The summed E-state index contributed by atoms with van der Waals surface area (Å²) < 4.78 is 0. The van der Waals surface area contributed by atoms with E-state index in [0.717, 1.165) is 5.57 Å². The molecule has 2 heteroatoms. The molecule has 0 heterocycles. The quantitative estimate of drug-likeness (QED) is 0.619. The summed E-state index contributed by atoms with van der Waals surface area (Å²) in [6.45, 7) is 1.94. The largest absolute Gasteiger partial charge is 0.478 e. The van der Waals surface area contributed by atoms with E-state index in [1.807, 2.05) is 25.2 Å². The normalized spacial score (nSPS) is 16.8. The number of aliphatic carboxylic acids is 1. The van der Waals surface area contributed by atoms with Gasteiger partial charge < -0.3 is 5.11 Å². The molecule has 58 valence electrons. The van der Waals surface area contributed by atoms with Gasteiger partial charge in [0.15, 0.2) is 0 Å². The predicted molar refractivity (Wildman–Crippen MR) is 43.2 cm³/mol. The summed E-state index contributed by atoms with van der Waals surface area (Å²) >= 11 is 0. The fraction of sp³-hybridized carbons (Fsp3) is 0.222. The van der Waals surface area contributed by atoms with Crippen LogP contribution >= 0.6 is 0 Å². The summed E-state index contributed by atoms with van der Waals surface area (Å²) in [4.78, 5) is 10.5. The second-order valence-electron chi connectivity index (χ2n) is 2.51. The summed E-state index contributed by atoms with van der Waals surface area (Å²) in [6, 6.07) is 0. The van der Waals surface area contributed by atoms with Gasteiger partial charge in [-0.1, -0.05) is 29.9 Å². The van der Waals surface area contributed by atoms with Gasteiger partial charge in [-0.05, 0) is 13.3 Å². The van der Waals surface area contributed by atoms with Crippen LogP contribution in [0.1, 0.15) is 13.3 Å². The third kappa shape index (κ3) is 2.08. The molecule has 0 aliphatic heterocycles. The smallest absolute Gasteiger partial charge is 0.331 e. The first kappa shape index (κ1) is 7.79. The van der Waals surface area contributed by atoms with Crippen LogP contribution in [0.15, 0.2) is 35.5 Å². The van der Waals surface area contributed by atoms with E-state index in [9.17, 15) is 4.79 Å². The number of hydrogen-bond acceptors (Lipinski definition) is 1. The Kier molecular flexibility index (Phi) is 2.26. The number of carbonyl (C=O) groups is 1. The fourth-order valence-electron chi connectivity index (χ4n) is 0.886.